The SMILES string of the molecule is FC(F)Cn1cc(NCc2cscn2)cn1. The first kappa shape index (κ1) is 11.0. The van der Waals surface area contributed by atoms with Crippen LogP contribution in [0, 0.1) is 0 Å². The van der Waals surface area contributed by atoms with Gasteiger partial charge in [0.05, 0.1) is 29.6 Å². The van der Waals surface area contributed by atoms with Crippen molar-refractivity contribution in [1.82, 2.24) is 14.8 Å². The fraction of sp³-hybridized carbons (Fsp3) is 0.333. The predicted octanol–water partition coefficient (Wildman–Crippen LogP) is 2.22. The first-order valence-electron chi connectivity index (χ1n) is 4.65. The third-order valence-corrected chi connectivity index (χ3v) is 2.55. The van der Waals surface area contributed by atoms with Gasteiger partial charge in [0, 0.05) is 11.6 Å². The first-order chi connectivity index (χ1) is 7.74. The molecule has 0 aliphatic carbocycles. The van der Waals surface area contributed by atoms with Crippen molar-refractivity contribution in [2.45, 2.75) is 19.5 Å². The van der Waals surface area contributed by atoms with Crippen molar-refractivity contribution in [3.8, 4) is 0 Å². The van der Waals surface area contributed by atoms with Gasteiger partial charge in [-0.05, 0) is 0 Å². The molecule has 86 valence electrons. The summed E-state index contributed by atoms with van der Waals surface area (Å²) in [6.07, 6.45) is 0.694. The van der Waals surface area contributed by atoms with E-state index in [1.165, 1.54) is 22.2 Å². The second kappa shape index (κ2) is 5.02. The zero-order valence-electron chi connectivity index (χ0n) is 8.31. The van der Waals surface area contributed by atoms with Gasteiger partial charge in [0.25, 0.3) is 6.43 Å². The summed E-state index contributed by atoms with van der Waals surface area (Å²) in [4.78, 5) is 4.10. The van der Waals surface area contributed by atoms with Crippen molar-refractivity contribution >= 4 is 17.0 Å². The molecule has 4 nitrogen and oxygen atoms in total. The number of anilines is 1. The molecule has 0 fully saturated rings. The minimum Gasteiger partial charge on any atom is -0.377 e. The Hall–Kier alpha value is -1.50. The van der Waals surface area contributed by atoms with Crippen LogP contribution in [0.1, 0.15) is 5.69 Å². The van der Waals surface area contributed by atoms with Gasteiger partial charge in [-0.15, -0.1) is 11.3 Å². The van der Waals surface area contributed by atoms with Crippen molar-refractivity contribution in [2.75, 3.05) is 5.32 Å². The molecule has 0 aliphatic rings. The van der Waals surface area contributed by atoms with E-state index in [0.717, 1.165) is 5.69 Å². The minimum absolute atomic E-state index is 0.377. The smallest absolute Gasteiger partial charge is 0.257 e. The number of halogens is 2. The third-order valence-electron chi connectivity index (χ3n) is 1.92. The average molecular weight is 244 g/mol. The molecule has 0 saturated heterocycles. The Morgan fingerprint density at radius 2 is 2.38 bits per heavy atom. The minimum atomic E-state index is -2.38. The van der Waals surface area contributed by atoms with Crippen LogP contribution in [0.5, 0.6) is 0 Å². The van der Waals surface area contributed by atoms with E-state index in [-0.39, 0.29) is 6.54 Å². The number of hydrogen-bond donors (Lipinski definition) is 1. The largest absolute Gasteiger partial charge is 0.377 e. The Morgan fingerprint density at radius 1 is 1.50 bits per heavy atom. The molecule has 2 aromatic rings. The van der Waals surface area contributed by atoms with E-state index < -0.39 is 6.43 Å². The molecule has 2 aromatic heterocycles. The lowest BCUT2D eigenvalue weighted by Gasteiger charge is -2.00. The molecule has 0 unspecified atom stereocenters. The highest BCUT2D eigenvalue weighted by atomic mass is 32.1. The van der Waals surface area contributed by atoms with Crippen LogP contribution in [-0.4, -0.2) is 21.2 Å². The van der Waals surface area contributed by atoms with Crippen molar-refractivity contribution in [3.05, 3.63) is 29.0 Å². The first-order valence-corrected chi connectivity index (χ1v) is 5.60. The van der Waals surface area contributed by atoms with E-state index in [1.807, 2.05) is 5.38 Å². The maximum atomic E-state index is 12.0. The monoisotopic (exact) mass is 244 g/mol. The zero-order valence-corrected chi connectivity index (χ0v) is 9.12. The Labute approximate surface area is 94.9 Å². The maximum Gasteiger partial charge on any atom is 0.257 e. The fourth-order valence-corrected chi connectivity index (χ4v) is 1.77. The topological polar surface area (TPSA) is 42.7 Å². The summed E-state index contributed by atoms with van der Waals surface area (Å²) >= 11 is 1.52. The lowest BCUT2D eigenvalue weighted by molar-refractivity contribution is 0.122. The molecule has 0 bridgehead atoms. The Balaban J connectivity index is 1.88. The van der Waals surface area contributed by atoms with Crippen LogP contribution in [-0.2, 0) is 13.1 Å². The molecule has 0 spiro atoms. The number of nitrogens with one attached hydrogen (secondary N) is 1. The van der Waals surface area contributed by atoms with Gasteiger partial charge in [-0.1, -0.05) is 0 Å². The van der Waals surface area contributed by atoms with Gasteiger partial charge >= 0.3 is 0 Å². The molecular formula is C9H10F2N4S. The number of rotatable bonds is 5. The van der Waals surface area contributed by atoms with Crippen LogP contribution in [0.25, 0.3) is 0 Å². The van der Waals surface area contributed by atoms with E-state index in [1.54, 1.807) is 11.7 Å². The molecule has 2 rings (SSSR count). The van der Waals surface area contributed by atoms with Gasteiger partial charge < -0.3 is 5.32 Å². The highest BCUT2D eigenvalue weighted by Gasteiger charge is 2.05. The Bertz CT molecular complexity index is 426. The van der Waals surface area contributed by atoms with Gasteiger partial charge in [-0.3, -0.25) is 4.68 Å². The molecule has 0 saturated carbocycles. The number of thiazole rings is 1. The second-order valence-electron chi connectivity index (χ2n) is 3.18. The summed E-state index contributed by atoms with van der Waals surface area (Å²) in [7, 11) is 0. The number of nitrogens with zero attached hydrogens (tertiary/aromatic N) is 3. The molecule has 16 heavy (non-hydrogen) atoms. The standard InChI is InChI=1S/C9H10F2N4S/c10-9(11)4-15-3-7(2-14-15)12-1-8-5-16-6-13-8/h2-3,5-6,9,12H,1,4H2. The lowest BCUT2D eigenvalue weighted by atomic mass is 10.4. The quantitative estimate of drug-likeness (QED) is 0.877. The molecular weight excluding hydrogens is 234 g/mol. The van der Waals surface area contributed by atoms with E-state index >= 15 is 0 Å². The van der Waals surface area contributed by atoms with Gasteiger partial charge in [-0.2, -0.15) is 5.10 Å². The Kier molecular flexibility index (Phi) is 3.45. The van der Waals surface area contributed by atoms with Crippen LogP contribution in [0.4, 0.5) is 14.5 Å². The van der Waals surface area contributed by atoms with E-state index in [0.29, 0.717) is 12.2 Å². The van der Waals surface area contributed by atoms with E-state index in [4.69, 9.17) is 0 Å². The van der Waals surface area contributed by atoms with Gasteiger partial charge in [0.15, 0.2) is 0 Å². The zero-order chi connectivity index (χ0) is 11.4. The van der Waals surface area contributed by atoms with Crippen LogP contribution < -0.4 is 5.32 Å². The lowest BCUT2D eigenvalue weighted by Crippen LogP contribution is -2.06. The summed E-state index contributed by atoms with van der Waals surface area (Å²) in [6.45, 7) is 0.197. The number of alkyl halides is 2. The maximum absolute atomic E-state index is 12.0. The fourth-order valence-electron chi connectivity index (χ4n) is 1.21. The van der Waals surface area contributed by atoms with Crippen LogP contribution >= 0.6 is 11.3 Å². The summed E-state index contributed by atoms with van der Waals surface area (Å²) in [5, 5.41) is 8.80. The summed E-state index contributed by atoms with van der Waals surface area (Å²) in [5.41, 5.74) is 3.39. The third kappa shape index (κ3) is 2.99. The van der Waals surface area contributed by atoms with Gasteiger partial charge in [0.2, 0.25) is 0 Å². The normalized spacial score (nSPS) is 10.9. The predicted molar refractivity (Wildman–Crippen MR) is 57.7 cm³/mol. The van der Waals surface area contributed by atoms with E-state index in [9.17, 15) is 8.78 Å². The van der Waals surface area contributed by atoms with Crippen LogP contribution in [0.15, 0.2) is 23.3 Å². The van der Waals surface area contributed by atoms with E-state index in [2.05, 4.69) is 15.4 Å². The Morgan fingerprint density at radius 3 is 3.06 bits per heavy atom. The highest BCUT2D eigenvalue weighted by molar-refractivity contribution is 7.07. The molecule has 0 aromatic carbocycles. The molecule has 1 N–H and O–H groups in total. The summed E-state index contributed by atoms with van der Waals surface area (Å²) < 4.78 is 25.3. The highest BCUT2D eigenvalue weighted by Crippen LogP contribution is 2.09. The molecule has 0 aliphatic heterocycles. The summed E-state index contributed by atoms with van der Waals surface area (Å²) in [5.74, 6) is 0. The van der Waals surface area contributed by atoms with Crippen molar-refractivity contribution < 1.29 is 8.78 Å². The molecule has 0 amide bonds. The molecule has 0 atom stereocenters. The molecule has 7 heteroatoms. The summed E-state index contributed by atoms with van der Waals surface area (Å²) in [6, 6.07) is 0. The molecule has 0 radical (unpaired) electrons. The van der Waals surface area contributed by atoms with Crippen LogP contribution in [0.2, 0.25) is 0 Å². The average Bonchev–Trinajstić information content (AvgIpc) is 2.84. The molecule has 2 heterocycles. The van der Waals surface area contributed by atoms with Gasteiger partial charge in [-0.25, -0.2) is 13.8 Å². The van der Waals surface area contributed by atoms with Crippen molar-refractivity contribution in [1.29, 1.82) is 0 Å². The van der Waals surface area contributed by atoms with Gasteiger partial charge in [0.1, 0.15) is 6.54 Å². The number of hydrogen-bond acceptors (Lipinski definition) is 4. The van der Waals surface area contributed by atoms with Crippen molar-refractivity contribution in [2.24, 2.45) is 0 Å². The van der Waals surface area contributed by atoms with Crippen LogP contribution in [0.3, 0.4) is 0 Å². The van der Waals surface area contributed by atoms with Crippen molar-refractivity contribution in [3.63, 3.8) is 0 Å². The second-order valence-corrected chi connectivity index (χ2v) is 3.89. The number of aromatic nitrogens is 3.